The highest BCUT2D eigenvalue weighted by molar-refractivity contribution is 7.09. The predicted octanol–water partition coefficient (Wildman–Crippen LogP) is 2.25. The molecule has 3 heterocycles. The number of carbonyl (C=O) groups is 1. The lowest BCUT2D eigenvalue weighted by atomic mass is 9.98. The van der Waals surface area contributed by atoms with Gasteiger partial charge in [0, 0.05) is 22.1 Å². The summed E-state index contributed by atoms with van der Waals surface area (Å²) in [6, 6.07) is 4.06. The molecule has 0 bridgehead atoms. The van der Waals surface area contributed by atoms with Crippen LogP contribution in [0.5, 0.6) is 5.88 Å². The number of rotatable bonds is 3. The first-order chi connectivity index (χ1) is 9.08. The molecule has 0 aliphatic carbocycles. The van der Waals surface area contributed by atoms with Crippen LogP contribution >= 0.6 is 11.3 Å². The molecule has 0 aromatic carbocycles. The van der Waals surface area contributed by atoms with Crippen molar-refractivity contribution in [3.63, 3.8) is 0 Å². The molecule has 6 heteroatoms. The second-order valence-electron chi connectivity index (χ2n) is 4.71. The lowest BCUT2D eigenvalue weighted by molar-refractivity contribution is -0.145. The van der Waals surface area contributed by atoms with Crippen LogP contribution in [0.15, 0.2) is 17.5 Å². The van der Waals surface area contributed by atoms with Gasteiger partial charge in [-0.3, -0.25) is 4.68 Å². The number of aliphatic carboxylic acids is 1. The number of thiophene rings is 1. The quantitative estimate of drug-likeness (QED) is 0.935. The van der Waals surface area contributed by atoms with E-state index < -0.39 is 12.1 Å². The van der Waals surface area contributed by atoms with Crippen molar-refractivity contribution in [1.82, 2.24) is 9.78 Å². The zero-order valence-corrected chi connectivity index (χ0v) is 11.5. The molecular weight excluding hydrogens is 264 g/mol. The summed E-state index contributed by atoms with van der Waals surface area (Å²) in [4.78, 5) is 12.3. The minimum atomic E-state index is -0.935. The van der Waals surface area contributed by atoms with Gasteiger partial charge in [-0.15, -0.1) is 16.4 Å². The summed E-state index contributed by atoms with van der Waals surface area (Å²) in [6.45, 7) is 4.53. The highest BCUT2D eigenvalue weighted by Crippen LogP contribution is 2.39. The van der Waals surface area contributed by atoms with Gasteiger partial charge in [-0.25, -0.2) is 4.79 Å². The molecule has 0 amide bonds. The smallest absolute Gasteiger partial charge is 0.345 e. The Bertz CT molecular complexity index is 618. The first kappa shape index (κ1) is 12.2. The number of carboxylic acids is 1. The van der Waals surface area contributed by atoms with Crippen LogP contribution in [-0.4, -0.2) is 27.0 Å². The van der Waals surface area contributed by atoms with Crippen LogP contribution in [-0.2, 0) is 11.3 Å². The van der Waals surface area contributed by atoms with E-state index in [1.54, 1.807) is 11.3 Å². The maximum atomic E-state index is 11.1. The third-order valence-electron chi connectivity index (χ3n) is 3.50. The number of hydrogen-bond acceptors (Lipinski definition) is 4. The highest BCUT2D eigenvalue weighted by Gasteiger charge is 2.40. The van der Waals surface area contributed by atoms with Crippen molar-refractivity contribution in [2.24, 2.45) is 0 Å². The average Bonchev–Trinajstić information content (AvgIpc) is 3.02. The molecule has 1 aliphatic rings. The van der Waals surface area contributed by atoms with Gasteiger partial charge in [0.2, 0.25) is 12.0 Å². The Morgan fingerprint density at radius 2 is 2.42 bits per heavy atom. The molecular formula is C13H14N2O3S. The van der Waals surface area contributed by atoms with E-state index in [1.807, 2.05) is 30.0 Å². The molecule has 5 nitrogen and oxygen atoms in total. The van der Waals surface area contributed by atoms with Crippen molar-refractivity contribution < 1.29 is 14.6 Å². The summed E-state index contributed by atoms with van der Waals surface area (Å²) in [7, 11) is 0. The topological polar surface area (TPSA) is 64.4 Å². The van der Waals surface area contributed by atoms with Crippen molar-refractivity contribution in [3.8, 4) is 5.88 Å². The third-order valence-corrected chi connectivity index (χ3v) is 4.36. The Kier molecular flexibility index (Phi) is 2.82. The zero-order valence-electron chi connectivity index (χ0n) is 10.7. The minimum absolute atomic E-state index is 0.162. The molecule has 1 N–H and O–H groups in total. The van der Waals surface area contributed by atoms with Crippen LogP contribution in [0.2, 0.25) is 0 Å². The van der Waals surface area contributed by atoms with Crippen LogP contribution in [0.4, 0.5) is 0 Å². The first-order valence-electron chi connectivity index (χ1n) is 6.07. The standard InChI is InChI=1S/C13H14N2O3S/c1-7-10-8(2)15(6-9-4-3-5-19-9)14-12(10)18-11(7)13(16)17/h3-5,7,11H,6H2,1-2H3,(H,16,17). The second kappa shape index (κ2) is 4.38. The average molecular weight is 278 g/mol. The van der Waals surface area contributed by atoms with Gasteiger partial charge in [0.15, 0.2) is 0 Å². The van der Waals surface area contributed by atoms with Crippen molar-refractivity contribution in [2.75, 3.05) is 0 Å². The lowest BCUT2D eigenvalue weighted by Gasteiger charge is -2.12. The highest BCUT2D eigenvalue weighted by atomic mass is 32.1. The van der Waals surface area contributed by atoms with Gasteiger partial charge >= 0.3 is 5.97 Å². The number of hydrogen-bond donors (Lipinski definition) is 1. The van der Waals surface area contributed by atoms with Crippen molar-refractivity contribution in [3.05, 3.63) is 33.6 Å². The molecule has 0 fully saturated rings. The number of carboxylic acid groups (broad SMARTS) is 1. The zero-order chi connectivity index (χ0) is 13.6. The van der Waals surface area contributed by atoms with Gasteiger partial charge in [-0.2, -0.15) is 0 Å². The van der Waals surface area contributed by atoms with Crippen LogP contribution in [0.1, 0.15) is 29.0 Å². The first-order valence-corrected chi connectivity index (χ1v) is 6.95. The van der Waals surface area contributed by atoms with E-state index in [2.05, 4.69) is 11.2 Å². The SMILES string of the molecule is Cc1c2c(nn1Cc1cccs1)OC(C(=O)O)C2C. The Morgan fingerprint density at radius 3 is 3.00 bits per heavy atom. The van der Waals surface area contributed by atoms with E-state index in [4.69, 9.17) is 9.84 Å². The van der Waals surface area contributed by atoms with E-state index in [0.29, 0.717) is 12.4 Å². The van der Waals surface area contributed by atoms with Crippen molar-refractivity contribution in [1.29, 1.82) is 0 Å². The second-order valence-corrected chi connectivity index (χ2v) is 5.74. The number of fused-ring (bicyclic) bond motifs is 1. The Hall–Kier alpha value is -1.82. The molecule has 2 aromatic heterocycles. The Labute approximate surface area is 114 Å². The molecule has 19 heavy (non-hydrogen) atoms. The maximum absolute atomic E-state index is 11.1. The minimum Gasteiger partial charge on any atom is -0.478 e. The summed E-state index contributed by atoms with van der Waals surface area (Å²) < 4.78 is 7.31. The van der Waals surface area contributed by atoms with E-state index in [-0.39, 0.29) is 5.92 Å². The number of aromatic nitrogens is 2. The predicted molar refractivity (Wildman–Crippen MR) is 70.9 cm³/mol. The summed E-state index contributed by atoms with van der Waals surface area (Å²) >= 11 is 1.68. The number of ether oxygens (including phenoxy) is 1. The van der Waals surface area contributed by atoms with Crippen LogP contribution < -0.4 is 4.74 Å². The van der Waals surface area contributed by atoms with Crippen LogP contribution in [0.25, 0.3) is 0 Å². The van der Waals surface area contributed by atoms with Crippen LogP contribution in [0, 0.1) is 6.92 Å². The van der Waals surface area contributed by atoms with Gasteiger partial charge in [-0.1, -0.05) is 13.0 Å². The van der Waals surface area contributed by atoms with E-state index in [9.17, 15) is 4.79 Å². The van der Waals surface area contributed by atoms with Gasteiger partial charge in [0.25, 0.3) is 0 Å². The van der Waals surface area contributed by atoms with E-state index in [0.717, 1.165) is 11.3 Å². The molecule has 1 aliphatic heterocycles. The molecule has 100 valence electrons. The molecule has 2 aromatic rings. The Balaban J connectivity index is 1.91. The van der Waals surface area contributed by atoms with Gasteiger partial charge in [0.05, 0.1) is 6.54 Å². The van der Waals surface area contributed by atoms with Crippen molar-refractivity contribution >= 4 is 17.3 Å². The van der Waals surface area contributed by atoms with Gasteiger partial charge < -0.3 is 9.84 Å². The molecule has 0 saturated heterocycles. The number of nitrogens with zero attached hydrogens (tertiary/aromatic N) is 2. The van der Waals surface area contributed by atoms with Crippen molar-refractivity contribution in [2.45, 2.75) is 32.4 Å². The van der Waals surface area contributed by atoms with E-state index in [1.165, 1.54) is 4.88 Å². The molecule has 2 atom stereocenters. The van der Waals surface area contributed by atoms with Gasteiger partial charge in [0.1, 0.15) is 0 Å². The molecule has 0 radical (unpaired) electrons. The molecule has 0 spiro atoms. The molecule has 2 unspecified atom stereocenters. The summed E-state index contributed by atoms with van der Waals surface area (Å²) in [6.07, 6.45) is -0.812. The fourth-order valence-electron chi connectivity index (χ4n) is 2.49. The fourth-order valence-corrected chi connectivity index (χ4v) is 3.17. The van der Waals surface area contributed by atoms with E-state index >= 15 is 0 Å². The third kappa shape index (κ3) is 1.92. The van der Waals surface area contributed by atoms with Crippen LogP contribution in [0.3, 0.4) is 0 Å². The lowest BCUT2D eigenvalue weighted by Crippen LogP contribution is -2.28. The monoisotopic (exact) mass is 278 g/mol. The molecule has 0 saturated carbocycles. The summed E-state index contributed by atoms with van der Waals surface area (Å²) in [5, 5.41) is 15.5. The largest absolute Gasteiger partial charge is 0.478 e. The Morgan fingerprint density at radius 1 is 1.63 bits per heavy atom. The summed E-state index contributed by atoms with van der Waals surface area (Å²) in [5.41, 5.74) is 1.91. The normalized spacial score (nSPS) is 21.2. The fraction of sp³-hybridized carbons (Fsp3) is 0.385. The molecule has 3 rings (SSSR count). The maximum Gasteiger partial charge on any atom is 0.345 e. The summed E-state index contributed by atoms with van der Waals surface area (Å²) in [5.74, 6) is -0.631. The van der Waals surface area contributed by atoms with Gasteiger partial charge in [-0.05, 0) is 18.4 Å².